The molecule has 43 heavy (non-hydrogen) atoms. The van der Waals surface area contributed by atoms with Crippen LogP contribution in [0.15, 0.2) is 72.8 Å². The van der Waals surface area contributed by atoms with Crippen molar-refractivity contribution in [2.75, 3.05) is 10.8 Å². The highest BCUT2D eigenvalue weighted by atomic mass is 35.5. The van der Waals surface area contributed by atoms with Crippen LogP contribution in [0.1, 0.15) is 62.3 Å². The summed E-state index contributed by atoms with van der Waals surface area (Å²) in [4.78, 5) is 27.3. The molecule has 228 valence electrons. The van der Waals surface area contributed by atoms with Crippen molar-refractivity contribution in [2.24, 2.45) is 0 Å². The van der Waals surface area contributed by atoms with Crippen molar-refractivity contribution in [2.45, 2.75) is 68.6 Å². The lowest BCUT2D eigenvalue weighted by Gasteiger charge is -2.49. The fourth-order valence-electron chi connectivity index (χ4n) is 5.66. The van der Waals surface area contributed by atoms with Gasteiger partial charge >= 0.3 is 0 Å². The number of anilines is 1. The van der Waals surface area contributed by atoms with Gasteiger partial charge in [0.15, 0.2) is 0 Å². The number of benzene rings is 3. The first kappa shape index (κ1) is 31.4. The summed E-state index contributed by atoms with van der Waals surface area (Å²) in [6.45, 7) is 1.71. The van der Waals surface area contributed by atoms with Crippen LogP contribution < -0.4 is 4.31 Å². The number of morpholine rings is 1. The van der Waals surface area contributed by atoms with E-state index in [-0.39, 0.29) is 31.0 Å². The largest absolute Gasteiger partial charge is 0.358 e. The molecule has 1 aliphatic carbocycles. The Labute approximate surface area is 261 Å². The minimum atomic E-state index is -3.91. The lowest BCUT2D eigenvalue weighted by Crippen LogP contribution is -2.57. The number of sulfonamides is 1. The quantitative estimate of drug-likeness (QED) is 0.200. The Morgan fingerprint density at radius 1 is 1.02 bits per heavy atom. The Morgan fingerprint density at radius 3 is 2.37 bits per heavy atom. The van der Waals surface area contributed by atoms with Gasteiger partial charge in [-0.15, -0.1) is 0 Å². The third-order valence-electron chi connectivity index (χ3n) is 7.98. The Balaban J connectivity index is 1.64. The highest BCUT2D eigenvalue weighted by Gasteiger charge is 2.48. The van der Waals surface area contributed by atoms with Crippen molar-refractivity contribution in [3.05, 3.63) is 99.8 Å². The number of halogens is 3. The second-order valence-electron chi connectivity index (χ2n) is 10.9. The van der Waals surface area contributed by atoms with E-state index >= 15 is 4.39 Å². The summed E-state index contributed by atoms with van der Waals surface area (Å²) in [6, 6.07) is 18.6. The first-order valence-corrected chi connectivity index (χ1v) is 16.6. The third kappa shape index (κ3) is 6.75. The van der Waals surface area contributed by atoms with Gasteiger partial charge in [-0.05, 0) is 73.2 Å². The lowest BCUT2D eigenvalue weighted by atomic mass is 9.89. The number of nitrogens with zero attached hydrogens (tertiary/aromatic N) is 2. The molecule has 7 nitrogen and oxygen atoms in total. The molecular formula is C32H33Cl2FN2O5S. The average Bonchev–Trinajstić information content (AvgIpc) is 3.85. The van der Waals surface area contributed by atoms with E-state index in [0.29, 0.717) is 34.9 Å². The van der Waals surface area contributed by atoms with Gasteiger partial charge in [-0.2, -0.15) is 0 Å². The monoisotopic (exact) mass is 646 g/mol. The molecular weight excluding hydrogens is 614 g/mol. The van der Waals surface area contributed by atoms with Crippen molar-refractivity contribution in [1.82, 2.24) is 4.90 Å². The van der Waals surface area contributed by atoms with E-state index in [9.17, 15) is 18.0 Å². The van der Waals surface area contributed by atoms with Crippen molar-refractivity contribution in [1.29, 1.82) is 0 Å². The zero-order chi connectivity index (χ0) is 30.7. The Morgan fingerprint density at radius 2 is 1.74 bits per heavy atom. The summed E-state index contributed by atoms with van der Waals surface area (Å²) in [5.41, 5.74) is 1.38. The van der Waals surface area contributed by atoms with Gasteiger partial charge in [-0.3, -0.25) is 9.10 Å². The van der Waals surface area contributed by atoms with Gasteiger partial charge in [0.05, 0.1) is 29.6 Å². The molecule has 1 aliphatic heterocycles. The number of ether oxygens (including phenoxy) is 1. The molecule has 0 aromatic heterocycles. The number of carbonyl (C=O) groups excluding carboxylic acids is 2. The van der Waals surface area contributed by atoms with Gasteiger partial charge in [0.25, 0.3) is 5.91 Å². The summed E-state index contributed by atoms with van der Waals surface area (Å²) in [7, 11) is -3.91. The van der Waals surface area contributed by atoms with Gasteiger partial charge < -0.3 is 14.4 Å². The standard InChI is InChI=1S/C32H33Cl2FN2O5S/c1-2-25(20-36(43(40,41)26-16-17-26)28-10-4-3-9-27(28)35)37-30(21-12-14-23(33)15-13-21)31(22-7-5-8-24(34)19-22)42-29(32(37)39)11-6-18-38/h3-5,7-10,12-15,18-19,25-26,29-31H,2,6,11,16-17,20H2,1H3/t25-,29?,30+,31?/m0/s1. The van der Waals surface area contributed by atoms with Crippen LogP contribution in [0.3, 0.4) is 0 Å². The molecule has 11 heteroatoms. The van der Waals surface area contributed by atoms with E-state index in [1.54, 1.807) is 41.3 Å². The summed E-state index contributed by atoms with van der Waals surface area (Å²) in [6.07, 6.45) is 0.684. The molecule has 2 aliphatic rings. The molecule has 0 N–H and O–H groups in total. The highest BCUT2D eigenvalue weighted by Crippen LogP contribution is 2.45. The topological polar surface area (TPSA) is 84.0 Å². The SMILES string of the molecule is CC[C@@H](CN(c1ccccc1F)S(=O)(=O)C1CC1)N1C(=O)C(CCC=O)OC(c2cccc(Cl)c2)[C@H]1c1ccc(Cl)cc1. The Bertz CT molecular complexity index is 1570. The summed E-state index contributed by atoms with van der Waals surface area (Å²) < 4.78 is 50.2. The van der Waals surface area contributed by atoms with Gasteiger partial charge in [0, 0.05) is 16.5 Å². The normalized spacial score (nSPS) is 21.4. The molecule has 3 aromatic carbocycles. The van der Waals surface area contributed by atoms with Crippen LogP contribution in [0.2, 0.25) is 10.0 Å². The maximum Gasteiger partial charge on any atom is 0.252 e. The highest BCUT2D eigenvalue weighted by molar-refractivity contribution is 7.93. The number of carbonyl (C=O) groups is 2. The fourth-order valence-corrected chi connectivity index (χ4v) is 7.88. The van der Waals surface area contributed by atoms with E-state index in [4.69, 9.17) is 27.9 Å². The van der Waals surface area contributed by atoms with Crippen molar-refractivity contribution in [3.63, 3.8) is 0 Å². The van der Waals surface area contributed by atoms with Crippen LogP contribution in [0.4, 0.5) is 10.1 Å². The smallest absolute Gasteiger partial charge is 0.252 e. The summed E-state index contributed by atoms with van der Waals surface area (Å²) in [5.74, 6) is -1.03. The summed E-state index contributed by atoms with van der Waals surface area (Å²) >= 11 is 12.6. The van der Waals surface area contributed by atoms with Gasteiger partial charge in [-0.25, -0.2) is 12.8 Å². The van der Waals surface area contributed by atoms with E-state index in [0.717, 1.165) is 16.2 Å². The fraction of sp³-hybridized carbons (Fsp3) is 0.375. The molecule has 0 spiro atoms. The number of rotatable bonds is 12. The maximum atomic E-state index is 15.2. The molecule has 0 radical (unpaired) electrons. The first-order valence-electron chi connectivity index (χ1n) is 14.3. The molecule has 0 bridgehead atoms. The van der Waals surface area contributed by atoms with Gasteiger partial charge in [-0.1, -0.05) is 66.5 Å². The first-order chi connectivity index (χ1) is 20.6. The second kappa shape index (κ2) is 13.3. The number of hydrogen-bond donors (Lipinski definition) is 0. The zero-order valence-electron chi connectivity index (χ0n) is 23.6. The van der Waals surface area contributed by atoms with Crippen LogP contribution in [0.5, 0.6) is 0 Å². The molecule has 1 heterocycles. The Hall–Kier alpha value is -2.98. The van der Waals surface area contributed by atoms with Crippen LogP contribution >= 0.6 is 23.2 Å². The minimum absolute atomic E-state index is 0.0551. The summed E-state index contributed by atoms with van der Waals surface area (Å²) in [5, 5.41) is 0.392. The van der Waals surface area contributed by atoms with Crippen molar-refractivity contribution in [3.8, 4) is 0 Å². The number of hydrogen-bond acceptors (Lipinski definition) is 5. The van der Waals surface area contributed by atoms with Crippen LogP contribution in [0.25, 0.3) is 0 Å². The maximum absolute atomic E-state index is 15.2. The van der Waals surface area contributed by atoms with Gasteiger partial charge in [0.1, 0.15) is 24.3 Å². The van der Waals surface area contributed by atoms with Crippen LogP contribution in [-0.4, -0.2) is 49.5 Å². The van der Waals surface area contributed by atoms with E-state index < -0.39 is 45.4 Å². The average molecular weight is 648 g/mol. The molecule has 4 atom stereocenters. The third-order valence-corrected chi connectivity index (χ3v) is 10.7. The van der Waals surface area contributed by atoms with Crippen LogP contribution in [0, 0.1) is 5.82 Å². The molecule has 5 rings (SSSR count). The molecule has 2 unspecified atom stereocenters. The Kier molecular flexibility index (Phi) is 9.76. The minimum Gasteiger partial charge on any atom is -0.358 e. The predicted octanol–water partition coefficient (Wildman–Crippen LogP) is 6.90. The lowest BCUT2D eigenvalue weighted by molar-refractivity contribution is -0.180. The predicted molar refractivity (Wildman–Crippen MR) is 165 cm³/mol. The number of para-hydroxylation sites is 1. The van der Waals surface area contributed by atoms with Crippen molar-refractivity contribution >= 4 is 51.1 Å². The molecule has 3 aromatic rings. The number of aldehydes is 1. The van der Waals surface area contributed by atoms with E-state index in [1.807, 2.05) is 25.1 Å². The van der Waals surface area contributed by atoms with Crippen molar-refractivity contribution < 1.29 is 27.1 Å². The zero-order valence-corrected chi connectivity index (χ0v) is 25.9. The molecule has 1 saturated carbocycles. The molecule has 1 amide bonds. The second-order valence-corrected chi connectivity index (χ2v) is 13.9. The van der Waals surface area contributed by atoms with E-state index in [2.05, 4.69) is 0 Å². The molecule has 1 saturated heterocycles. The van der Waals surface area contributed by atoms with E-state index in [1.165, 1.54) is 18.2 Å². The molecule has 2 fully saturated rings. The van der Waals surface area contributed by atoms with Gasteiger partial charge in [0.2, 0.25) is 10.0 Å². The number of amides is 1. The van der Waals surface area contributed by atoms with Crippen LogP contribution in [-0.2, 0) is 24.3 Å².